The predicted octanol–water partition coefficient (Wildman–Crippen LogP) is 3.71. The molecule has 1 N–H and O–H groups in total. The van der Waals surface area contributed by atoms with Crippen LogP contribution in [0.5, 0.6) is 5.75 Å². The number of aryl methyl sites for hydroxylation is 1. The molecule has 1 amide bonds. The molecule has 0 spiro atoms. The second kappa shape index (κ2) is 9.18. The van der Waals surface area contributed by atoms with Crippen LogP contribution in [0.25, 0.3) is 0 Å². The van der Waals surface area contributed by atoms with Gasteiger partial charge in [0.05, 0.1) is 5.56 Å². The highest BCUT2D eigenvalue weighted by Crippen LogP contribution is 2.22. The number of carbonyl (C=O) groups excluding carboxylic acids is 1. The van der Waals surface area contributed by atoms with E-state index in [2.05, 4.69) is 27.3 Å². The number of ether oxygens (including phenoxy) is 1. The fraction of sp³-hybridized carbons (Fsp3) is 0.304. The Morgan fingerprint density at radius 2 is 1.77 bits per heavy atom. The number of nitrogens with zero attached hydrogens (tertiary/aromatic N) is 3. The van der Waals surface area contributed by atoms with E-state index in [9.17, 15) is 9.18 Å². The Balaban J connectivity index is 1.40. The monoisotopic (exact) mass is 424 g/mol. The first kappa shape index (κ1) is 20.9. The van der Waals surface area contributed by atoms with E-state index in [0.29, 0.717) is 22.8 Å². The third kappa shape index (κ3) is 5.03. The van der Waals surface area contributed by atoms with Crippen LogP contribution in [0.2, 0.25) is 0 Å². The van der Waals surface area contributed by atoms with E-state index in [1.807, 2.05) is 24.3 Å². The van der Waals surface area contributed by atoms with Crippen LogP contribution in [0.15, 0.2) is 53.1 Å². The van der Waals surface area contributed by atoms with Gasteiger partial charge in [-0.25, -0.2) is 4.39 Å². The standard InChI is InChI=1S/C23H25FN4O3/c1-16-21(15-30-20-9-3-17(24)4-10-20)22(26-31-16)23(29)25-18-5-7-19(8-6-18)28-13-11-27(2)12-14-28/h3-10H,11-15H2,1-2H3,(H,25,29). The number of aromatic nitrogens is 1. The van der Waals surface area contributed by atoms with E-state index in [1.54, 1.807) is 6.92 Å². The first-order valence-corrected chi connectivity index (χ1v) is 10.2. The molecule has 0 bridgehead atoms. The maximum absolute atomic E-state index is 13.0. The first-order valence-electron chi connectivity index (χ1n) is 10.2. The molecule has 2 aromatic carbocycles. The smallest absolute Gasteiger partial charge is 0.278 e. The number of benzene rings is 2. The van der Waals surface area contributed by atoms with Crippen LogP contribution < -0.4 is 15.0 Å². The van der Waals surface area contributed by atoms with Crippen LogP contribution in [0.4, 0.5) is 15.8 Å². The van der Waals surface area contributed by atoms with E-state index in [4.69, 9.17) is 9.26 Å². The normalized spacial score (nSPS) is 14.5. The van der Waals surface area contributed by atoms with Crippen molar-refractivity contribution in [3.05, 3.63) is 71.4 Å². The zero-order chi connectivity index (χ0) is 21.8. The van der Waals surface area contributed by atoms with Crippen molar-refractivity contribution in [1.82, 2.24) is 10.1 Å². The van der Waals surface area contributed by atoms with Crippen LogP contribution in [0.3, 0.4) is 0 Å². The highest BCUT2D eigenvalue weighted by molar-refractivity contribution is 6.04. The number of rotatable bonds is 6. The molecule has 0 unspecified atom stereocenters. The average Bonchev–Trinajstić information content (AvgIpc) is 3.15. The van der Waals surface area contributed by atoms with Crippen LogP contribution >= 0.6 is 0 Å². The van der Waals surface area contributed by atoms with Crippen molar-refractivity contribution < 1.29 is 18.4 Å². The summed E-state index contributed by atoms with van der Waals surface area (Å²) in [5.74, 6) is 0.277. The molecule has 8 heteroatoms. The zero-order valence-corrected chi connectivity index (χ0v) is 17.6. The van der Waals surface area contributed by atoms with Crippen molar-refractivity contribution in [1.29, 1.82) is 0 Å². The van der Waals surface area contributed by atoms with Crippen LogP contribution in [-0.4, -0.2) is 49.2 Å². The number of hydrogen-bond acceptors (Lipinski definition) is 6. The number of hydrogen-bond donors (Lipinski definition) is 1. The Hall–Kier alpha value is -3.39. The van der Waals surface area contributed by atoms with Crippen molar-refractivity contribution in [2.45, 2.75) is 13.5 Å². The van der Waals surface area contributed by atoms with Crippen LogP contribution in [0.1, 0.15) is 21.8 Å². The Bertz CT molecular complexity index is 1030. The van der Waals surface area contributed by atoms with Gasteiger partial charge < -0.3 is 24.4 Å². The topological polar surface area (TPSA) is 70.8 Å². The van der Waals surface area contributed by atoms with Gasteiger partial charge >= 0.3 is 0 Å². The van der Waals surface area contributed by atoms with Crippen LogP contribution in [0, 0.1) is 12.7 Å². The lowest BCUT2D eigenvalue weighted by molar-refractivity contribution is 0.101. The largest absolute Gasteiger partial charge is 0.489 e. The van der Waals surface area contributed by atoms with Gasteiger partial charge in [-0.3, -0.25) is 4.79 Å². The molecule has 0 atom stereocenters. The molecule has 1 aliphatic rings. The molecule has 3 aromatic rings. The Morgan fingerprint density at radius 3 is 2.45 bits per heavy atom. The van der Waals surface area contributed by atoms with Crippen molar-refractivity contribution in [3.63, 3.8) is 0 Å². The highest BCUT2D eigenvalue weighted by atomic mass is 19.1. The van der Waals surface area contributed by atoms with Gasteiger partial charge in [0.25, 0.3) is 5.91 Å². The number of carbonyl (C=O) groups is 1. The summed E-state index contributed by atoms with van der Waals surface area (Å²) < 4.78 is 23.9. The van der Waals surface area contributed by atoms with Crippen molar-refractivity contribution in [2.75, 3.05) is 43.4 Å². The molecule has 7 nitrogen and oxygen atoms in total. The van der Waals surface area contributed by atoms with Crippen molar-refractivity contribution in [2.24, 2.45) is 0 Å². The molecule has 1 fully saturated rings. The Morgan fingerprint density at radius 1 is 1.10 bits per heavy atom. The molecular weight excluding hydrogens is 399 g/mol. The van der Waals surface area contributed by atoms with E-state index in [1.165, 1.54) is 24.3 Å². The molecule has 0 aliphatic carbocycles. The second-order valence-corrected chi connectivity index (χ2v) is 7.60. The van der Waals surface area contributed by atoms with Gasteiger partial charge in [0.2, 0.25) is 0 Å². The summed E-state index contributed by atoms with van der Waals surface area (Å²) in [6.45, 7) is 5.85. The molecular formula is C23H25FN4O3. The summed E-state index contributed by atoms with van der Waals surface area (Å²) in [5, 5.41) is 6.76. The first-order chi connectivity index (χ1) is 15.0. The summed E-state index contributed by atoms with van der Waals surface area (Å²) in [4.78, 5) is 17.4. The Kier molecular flexibility index (Phi) is 6.18. The van der Waals surface area contributed by atoms with Crippen LogP contribution in [-0.2, 0) is 6.61 Å². The van der Waals surface area contributed by atoms with E-state index in [-0.39, 0.29) is 24.0 Å². The lowest BCUT2D eigenvalue weighted by atomic mass is 10.2. The summed E-state index contributed by atoms with van der Waals surface area (Å²) in [6, 6.07) is 13.5. The molecule has 1 saturated heterocycles. The van der Waals surface area contributed by atoms with Gasteiger partial charge in [-0.2, -0.15) is 0 Å². The molecule has 2 heterocycles. The van der Waals surface area contributed by atoms with Gasteiger partial charge in [-0.1, -0.05) is 5.16 Å². The predicted molar refractivity (Wildman–Crippen MR) is 116 cm³/mol. The Labute approximate surface area is 180 Å². The quantitative estimate of drug-likeness (QED) is 0.651. The lowest BCUT2D eigenvalue weighted by Gasteiger charge is -2.34. The summed E-state index contributed by atoms with van der Waals surface area (Å²) in [7, 11) is 2.13. The zero-order valence-electron chi connectivity index (χ0n) is 17.6. The molecule has 0 saturated carbocycles. The molecule has 1 aromatic heterocycles. The number of likely N-dealkylation sites (N-methyl/N-ethyl adjacent to an activating group) is 1. The van der Waals surface area contributed by atoms with Gasteiger partial charge in [-0.05, 0) is 62.5 Å². The number of amides is 1. The molecule has 4 rings (SSSR count). The third-order valence-corrected chi connectivity index (χ3v) is 5.39. The molecule has 162 valence electrons. The van der Waals surface area contributed by atoms with E-state index < -0.39 is 0 Å². The minimum atomic E-state index is -0.373. The van der Waals surface area contributed by atoms with Gasteiger partial charge in [0, 0.05) is 37.6 Å². The molecule has 0 radical (unpaired) electrons. The van der Waals surface area contributed by atoms with Gasteiger partial charge in [0.1, 0.15) is 23.9 Å². The second-order valence-electron chi connectivity index (χ2n) is 7.60. The van der Waals surface area contributed by atoms with E-state index in [0.717, 1.165) is 31.9 Å². The van der Waals surface area contributed by atoms with Crippen molar-refractivity contribution >= 4 is 17.3 Å². The molecule has 1 aliphatic heterocycles. The minimum absolute atomic E-state index is 0.0893. The summed E-state index contributed by atoms with van der Waals surface area (Å²) >= 11 is 0. The maximum Gasteiger partial charge on any atom is 0.278 e. The average molecular weight is 424 g/mol. The van der Waals surface area contributed by atoms with Crippen molar-refractivity contribution in [3.8, 4) is 5.75 Å². The number of anilines is 2. The van der Waals surface area contributed by atoms with Gasteiger partial charge in [0.15, 0.2) is 5.69 Å². The number of nitrogens with one attached hydrogen (secondary N) is 1. The SMILES string of the molecule is Cc1onc(C(=O)Nc2ccc(N3CCN(C)CC3)cc2)c1COc1ccc(F)cc1. The third-order valence-electron chi connectivity index (χ3n) is 5.39. The fourth-order valence-electron chi connectivity index (χ4n) is 3.44. The summed E-state index contributed by atoms with van der Waals surface area (Å²) in [5.41, 5.74) is 2.53. The molecule has 31 heavy (non-hydrogen) atoms. The summed E-state index contributed by atoms with van der Waals surface area (Å²) in [6.07, 6.45) is 0. The number of piperazine rings is 1. The maximum atomic E-state index is 13.0. The minimum Gasteiger partial charge on any atom is -0.489 e. The fourth-order valence-corrected chi connectivity index (χ4v) is 3.44. The highest BCUT2D eigenvalue weighted by Gasteiger charge is 2.21. The lowest BCUT2D eigenvalue weighted by Crippen LogP contribution is -2.44. The van der Waals surface area contributed by atoms with E-state index >= 15 is 0 Å². The van der Waals surface area contributed by atoms with Gasteiger partial charge in [-0.15, -0.1) is 0 Å². The number of halogens is 1.